The summed E-state index contributed by atoms with van der Waals surface area (Å²) in [5.41, 5.74) is 3.50. The van der Waals surface area contributed by atoms with Gasteiger partial charge in [0.2, 0.25) is 5.91 Å². The third-order valence-corrected chi connectivity index (χ3v) is 6.94. The van der Waals surface area contributed by atoms with Gasteiger partial charge in [-0.05, 0) is 56.5 Å². The topological polar surface area (TPSA) is 147 Å². The maximum absolute atomic E-state index is 13.8. The predicted octanol–water partition coefficient (Wildman–Crippen LogP) is 1.32. The van der Waals surface area contributed by atoms with Crippen LogP contribution in [0.15, 0.2) is 18.2 Å². The van der Waals surface area contributed by atoms with E-state index in [-0.39, 0.29) is 43.5 Å². The summed E-state index contributed by atoms with van der Waals surface area (Å²) >= 11 is 0. The van der Waals surface area contributed by atoms with Gasteiger partial charge < -0.3 is 36.0 Å². The number of aromatic amines is 1. The first-order valence-electron chi connectivity index (χ1n) is 12.8. The number of aromatic nitrogens is 1. The second-order valence-electron chi connectivity index (χ2n) is 9.79. The number of hydrogen-bond donors (Lipinski definition) is 6. The Kier molecular flexibility index (Phi) is 8.60. The van der Waals surface area contributed by atoms with Crippen LogP contribution in [-0.2, 0) is 9.59 Å². The third kappa shape index (κ3) is 6.29. The summed E-state index contributed by atoms with van der Waals surface area (Å²) in [6.45, 7) is 6.34. The number of aliphatic hydroxyl groups excluding tert-OH is 2. The molecule has 2 aliphatic rings. The SMILES string of the molecule is Cc1[nH]c(/C=C2\C(=O)Nc3ccc(F)cc32)c(C)c1C(=O)NCCC(O)CC(O)CC(=O)N1CCNCC1. The van der Waals surface area contributed by atoms with E-state index in [1.807, 2.05) is 0 Å². The minimum absolute atomic E-state index is 0.0394. The molecule has 204 valence electrons. The van der Waals surface area contributed by atoms with Crippen LogP contribution >= 0.6 is 0 Å². The Labute approximate surface area is 220 Å². The molecule has 3 amide bonds. The normalized spacial score (nSPS) is 17.8. The van der Waals surface area contributed by atoms with E-state index in [1.165, 1.54) is 18.2 Å². The van der Waals surface area contributed by atoms with Gasteiger partial charge in [-0.15, -0.1) is 0 Å². The zero-order valence-corrected chi connectivity index (χ0v) is 21.6. The Morgan fingerprint density at radius 1 is 1.18 bits per heavy atom. The quantitative estimate of drug-likeness (QED) is 0.271. The fourth-order valence-electron chi connectivity index (χ4n) is 4.91. The van der Waals surface area contributed by atoms with Gasteiger partial charge in [-0.1, -0.05) is 0 Å². The smallest absolute Gasteiger partial charge is 0.256 e. The lowest BCUT2D eigenvalue weighted by Crippen LogP contribution is -2.47. The van der Waals surface area contributed by atoms with E-state index >= 15 is 0 Å². The minimum atomic E-state index is -0.959. The number of fused-ring (bicyclic) bond motifs is 1. The molecule has 0 saturated carbocycles. The molecular weight excluding hydrogens is 493 g/mol. The molecule has 1 aromatic carbocycles. The van der Waals surface area contributed by atoms with Gasteiger partial charge in [-0.25, -0.2) is 4.39 Å². The lowest BCUT2D eigenvalue weighted by atomic mass is 10.0. The maximum Gasteiger partial charge on any atom is 0.256 e. The van der Waals surface area contributed by atoms with Gasteiger partial charge in [-0.3, -0.25) is 14.4 Å². The number of aryl methyl sites for hydroxylation is 1. The summed E-state index contributed by atoms with van der Waals surface area (Å²) in [5.74, 6) is -1.28. The molecule has 6 N–H and O–H groups in total. The Balaban J connectivity index is 1.31. The molecule has 2 aliphatic heterocycles. The summed E-state index contributed by atoms with van der Waals surface area (Å²) in [7, 11) is 0. The largest absolute Gasteiger partial charge is 0.393 e. The molecule has 4 rings (SSSR count). The molecule has 2 unspecified atom stereocenters. The van der Waals surface area contributed by atoms with Crippen LogP contribution in [0, 0.1) is 19.7 Å². The highest BCUT2D eigenvalue weighted by Crippen LogP contribution is 2.34. The number of H-pyrrole nitrogens is 1. The van der Waals surface area contributed by atoms with Gasteiger partial charge in [0, 0.05) is 55.4 Å². The molecule has 0 aliphatic carbocycles. The van der Waals surface area contributed by atoms with E-state index in [2.05, 4.69) is 20.9 Å². The second-order valence-corrected chi connectivity index (χ2v) is 9.79. The van der Waals surface area contributed by atoms with Crippen LogP contribution in [0.25, 0.3) is 11.6 Å². The minimum Gasteiger partial charge on any atom is -0.393 e. The Hall–Kier alpha value is -3.54. The molecule has 11 heteroatoms. The number of carbonyl (C=O) groups is 3. The van der Waals surface area contributed by atoms with Gasteiger partial charge in [-0.2, -0.15) is 0 Å². The van der Waals surface area contributed by atoms with Crippen molar-refractivity contribution in [2.75, 3.05) is 38.0 Å². The number of anilines is 1. The molecule has 2 atom stereocenters. The van der Waals surface area contributed by atoms with Gasteiger partial charge >= 0.3 is 0 Å². The Morgan fingerprint density at radius 2 is 1.92 bits per heavy atom. The van der Waals surface area contributed by atoms with Crippen molar-refractivity contribution in [3.8, 4) is 0 Å². The second kappa shape index (κ2) is 11.9. The number of benzene rings is 1. The Morgan fingerprint density at radius 3 is 2.66 bits per heavy atom. The number of nitrogens with one attached hydrogen (secondary N) is 4. The molecule has 38 heavy (non-hydrogen) atoms. The van der Waals surface area contributed by atoms with Crippen LogP contribution in [0.1, 0.15) is 52.1 Å². The van der Waals surface area contributed by atoms with Crippen molar-refractivity contribution >= 4 is 35.1 Å². The number of amides is 3. The molecule has 1 fully saturated rings. The van der Waals surface area contributed by atoms with Crippen LogP contribution < -0.4 is 16.0 Å². The highest BCUT2D eigenvalue weighted by atomic mass is 19.1. The summed E-state index contributed by atoms with van der Waals surface area (Å²) in [6, 6.07) is 4.08. The van der Waals surface area contributed by atoms with Crippen molar-refractivity contribution in [3.05, 3.63) is 52.1 Å². The van der Waals surface area contributed by atoms with Gasteiger partial charge in [0.15, 0.2) is 0 Å². The zero-order chi connectivity index (χ0) is 27.4. The number of aliphatic hydroxyl groups is 2. The van der Waals surface area contributed by atoms with Gasteiger partial charge in [0.1, 0.15) is 5.82 Å². The van der Waals surface area contributed by atoms with Crippen molar-refractivity contribution < 1.29 is 29.0 Å². The van der Waals surface area contributed by atoms with E-state index in [0.717, 1.165) is 13.1 Å². The molecular formula is C27H34FN5O5. The molecule has 3 heterocycles. The van der Waals surface area contributed by atoms with Crippen molar-refractivity contribution in [1.29, 1.82) is 0 Å². The van der Waals surface area contributed by atoms with E-state index in [4.69, 9.17) is 0 Å². The standard InChI is InChI=1S/C27H34FN5O5/c1-15-23(14-21-20-11-17(28)3-4-22(20)32-26(21)37)31-16(2)25(15)27(38)30-6-5-18(34)12-19(35)13-24(36)33-9-7-29-8-10-33/h3-4,11,14,18-19,29,31,34-35H,5-10,12-13H2,1-2H3,(H,30,38)(H,32,37)/b21-14-. The predicted molar refractivity (Wildman–Crippen MR) is 141 cm³/mol. The van der Waals surface area contributed by atoms with E-state index in [0.29, 0.717) is 52.4 Å². The van der Waals surface area contributed by atoms with Crippen LogP contribution in [0.3, 0.4) is 0 Å². The molecule has 10 nitrogen and oxygen atoms in total. The number of carbonyl (C=O) groups excluding carboxylic acids is 3. The fraction of sp³-hybridized carbons (Fsp3) is 0.444. The summed E-state index contributed by atoms with van der Waals surface area (Å²) in [6.07, 6.45) is -0.0226. The van der Waals surface area contributed by atoms with E-state index < -0.39 is 18.0 Å². The van der Waals surface area contributed by atoms with Crippen LogP contribution in [0.4, 0.5) is 10.1 Å². The monoisotopic (exact) mass is 527 g/mol. The molecule has 0 spiro atoms. The van der Waals surface area contributed by atoms with Crippen molar-refractivity contribution in [2.45, 2.75) is 45.3 Å². The molecule has 1 aromatic heterocycles. The average Bonchev–Trinajstić information content (AvgIpc) is 3.33. The first-order chi connectivity index (χ1) is 18.1. The average molecular weight is 528 g/mol. The Bertz CT molecular complexity index is 1250. The number of rotatable bonds is 9. The van der Waals surface area contributed by atoms with E-state index in [1.54, 1.807) is 24.8 Å². The first kappa shape index (κ1) is 27.5. The summed E-state index contributed by atoms with van der Waals surface area (Å²) in [4.78, 5) is 42.4. The van der Waals surface area contributed by atoms with Gasteiger partial charge in [0.05, 0.1) is 29.8 Å². The highest BCUT2D eigenvalue weighted by Gasteiger charge is 2.26. The molecule has 0 bridgehead atoms. The summed E-state index contributed by atoms with van der Waals surface area (Å²) < 4.78 is 13.8. The van der Waals surface area contributed by atoms with Crippen LogP contribution in [-0.4, -0.2) is 82.8 Å². The van der Waals surface area contributed by atoms with Gasteiger partial charge in [0.25, 0.3) is 11.8 Å². The number of halogens is 1. The maximum atomic E-state index is 13.8. The van der Waals surface area contributed by atoms with Crippen molar-refractivity contribution in [3.63, 3.8) is 0 Å². The number of piperazine rings is 1. The third-order valence-electron chi connectivity index (χ3n) is 6.94. The highest BCUT2D eigenvalue weighted by molar-refractivity contribution is 6.34. The molecule has 0 radical (unpaired) electrons. The summed E-state index contributed by atoms with van der Waals surface area (Å²) in [5, 5.41) is 29.2. The zero-order valence-electron chi connectivity index (χ0n) is 21.6. The van der Waals surface area contributed by atoms with Crippen molar-refractivity contribution in [1.82, 2.24) is 20.5 Å². The lowest BCUT2D eigenvalue weighted by Gasteiger charge is -2.28. The van der Waals surface area contributed by atoms with Crippen LogP contribution in [0.5, 0.6) is 0 Å². The van der Waals surface area contributed by atoms with E-state index in [9.17, 15) is 29.0 Å². The lowest BCUT2D eigenvalue weighted by molar-refractivity contribution is -0.134. The number of nitrogens with zero attached hydrogens (tertiary/aromatic N) is 1. The first-order valence-corrected chi connectivity index (χ1v) is 12.8. The number of hydrogen-bond acceptors (Lipinski definition) is 6. The van der Waals surface area contributed by atoms with Crippen molar-refractivity contribution in [2.24, 2.45) is 0 Å². The molecule has 1 saturated heterocycles. The fourth-order valence-corrected chi connectivity index (χ4v) is 4.91. The molecule has 2 aromatic rings. The van der Waals surface area contributed by atoms with Crippen LogP contribution in [0.2, 0.25) is 0 Å².